The number of aromatic nitrogens is 2. The molecular weight excluding hydrogens is 210 g/mol. The highest BCUT2D eigenvalue weighted by Gasteiger charge is 2.24. The van der Waals surface area contributed by atoms with Crippen molar-refractivity contribution in [3.63, 3.8) is 0 Å². The van der Waals surface area contributed by atoms with Gasteiger partial charge in [-0.2, -0.15) is 5.26 Å². The number of carbonyl (C=O) groups excluding carboxylic acids is 1. The Kier molecular flexibility index (Phi) is 4.21. The minimum atomic E-state index is -1.09. The van der Waals surface area contributed by atoms with Crippen molar-refractivity contribution in [2.75, 3.05) is 13.7 Å². The molecule has 84 valence electrons. The van der Waals surface area contributed by atoms with Gasteiger partial charge in [-0.05, 0) is 6.92 Å². The number of nitriles is 1. The predicted molar refractivity (Wildman–Crippen MR) is 53.6 cm³/mol. The van der Waals surface area contributed by atoms with E-state index in [0.717, 1.165) is 0 Å². The molecule has 0 aliphatic rings. The van der Waals surface area contributed by atoms with Gasteiger partial charge in [0.15, 0.2) is 11.6 Å². The summed E-state index contributed by atoms with van der Waals surface area (Å²) in [7, 11) is 1.48. The maximum absolute atomic E-state index is 11.4. The van der Waals surface area contributed by atoms with Crippen LogP contribution in [-0.4, -0.2) is 29.7 Å². The van der Waals surface area contributed by atoms with Crippen LogP contribution in [0.1, 0.15) is 18.7 Å². The standard InChI is InChI=1S/C10H11N3O3/c1-3-16-10(14)8(4-11)9-12-5-7(15-2)6-13-9/h5-6,8H,3H2,1-2H3. The number of rotatable bonds is 4. The van der Waals surface area contributed by atoms with Crippen molar-refractivity contribution >= 4 is 5.97 Å². The molecule has 0 aliphatic heterocycles. The molecule has 0 aliphatic carbocycles. The third kappa shape index (κ3) is 2.67. The van der Waals surface area contributed by atoms with E-state index in [9.17, 15) is 4.79 Å². The molecule has 0 aromatic carbocycles. The molecule has 0 spiro atoms. The number of ether oxygens (including phenoxy) is 2. The topological polar surface area (TPSA) is 85.1 Å². The molecule has 1 rings (SSSR count). The summed E-state index contributed by atoms with van der Waals surface area (Å²) >= 11 is 0. The maximum atomic E-state index is 11.4. The summed E-state index contributed by atoms with van der Waals surface area (Å²) in [4.78, 5) is 19.1. The zero-order chi connectivity index (χ0) is 12.0. The fourth-order valence-corrected chi connectivity index (χ4v) is 1.02. The Hall–Kier alpha value is -2.16. The fourth-order valence-electron chi connectivity index (χ4n) is 1.02. The molecule has 1 atom stereocenters. The van der Waals surface area contributed by atoms with Gasteiger partial charge in [-0.1, -0.05) is 0 Å². The maximum Gasteiger partial charge on any atom is 0.331 e. The van der Waals surface area contributed by atoms with E-state index < -0.39 is 11.9 Å². The van der Waals surface area contributed by atoms with Gasteiger partial charge >= 0.3 is 5.97 Å². The number of carbonyl (C=O) groups is 1. The minimum absolute atomic E-state index is 0.113. The Morgan fingerprint density at radius 1 is 1.56 bits per heavy atom. The second-order valence-electron chi connectivity index (χ2n) is 2.80. The molecule has 0 N–H and O–H groups in total. The minimum Gasteiger partial charge on any atom is -0.494 e. The van der Waals surface area contributed by atoms with Gasteiger partial charge in [0, 0.05) is 0 Å². The zero-order valence-corrected chi connectivity index (χ0v) is 9.01. The largest absolute Gasteiger partial charge is 0.494 e. The van der Waals surface area contributed by atoms with E-state index in [1.807, 2.05) is 0 Å². The zero-order valence-electron chi connectivity index (χ0n) is 9.01. The number of methoxy groups -OCH3 is 1. The first-order chi connectivity index (χ1) is 7.72. The van der Waals surface area contributed by atoms with Crippen LogP contribution in [-0.2, 0) is 9.53 Å². The van der Waals surface area contributed by atoms with E-state index in [4.69, 9.17) is 14.7 Å². The summed E-state index contributed by atoms with van der Waals surface area (Å²) in [6, 6.07) is 1.80. The Morgan fingerprint density at radius 2 is 2.19 bits per heavy atom. The highest BCUT2D eigenvalue weighted by molar-refractivity contribution is 5.80. The molecule has 1 aromatic rings. The number of esters is 1. The molecule has 16 heavy (non-hydrogen) atoms. The number of hydrogen-bond acceptors (Lipinski definition) is 6. The summed E-state index contributed by atoms with van der Waals surface area (Å²) in [5, 5.41) is 8.84. The monoisotopic (exact) mass is 221 g/mol. The lowest BCUT2D eigenvalue weighted by Gasteiger charge is -2.07. The third-order valence-corrected chi connectivity index (χ3v) is 1.79. The van der Waals surface area contributed by atoms with Crippen molar-refractivity contribution in [1.82, 2.24) is 9.97 Å². The average Bonchev–Trinajstić information content (AvgIpc) is 2.31. The van der Waals surface area contributed by atoms with Crippen LogP contribution in [0.4, 0.5) is 0 Å². The van der Waals surface area contributed by atoms with E-state index in [1.165, 1.54) is 19.5 Å². The average molecular weight is 221 g/mol. The molecule has 1 heterocycles. The first-order valence-corrected chi connectivity index (χ1v) is 4.65. The lowest BCUT2D eigenvalue weighted by atomic mass is 10.1. The van der Waals surface area contributed by atoms with Gasteiger partial charge in [-0.3, -0.25) is 4.79 Å². The van der Waals surface area contributed by atoms with E-state index in [0.29, 0.717) is 5.75 Å². The quantitative estimate of drug-likeness (QED) is 0.694. The van der Waals surface area contributed by atoms with Gasteiger partial charge in [-0.25, -0.2) is 9.97 Å². The van der Waals surface area contributed by atoms with Crippen LogP contribution in [0.15, 0.2) is 12.4 Å². The lowest BCUT2D eigenvalue weighted by molar-refractivity contribution is -0.143. The summed E-state index contributed by atoms with van der Waals surface area (Å²) in [5.41, 5.74) is 0. The molecule has 1 unspecified atom stereocenters. The molecule has 0 radical (unpaired) electrons. The van der Waals surface area contributed by atoms with Crippen molar-refractivity contribution < 1.29 is 14.3 Å². The molecule has 6 heteroatoms. The molecule has 6 nitrogen and oxygen atoms in total. The van der Waals surface area contributed by atoms with E-state index in [1.54, 1.807) is 13.0 Å². The number of nitrogens with zero attached hydrogens (tertiary/aromatic N) is 3. The number of hydrogen-bond donors (Lipinski definition) is 0. The Labute approximate surface area is 92.8 Å². The van der Waals surface area contributed by atoms with E-state index in [-0.39, 0.29) is 12.4 Å². The van der Waals surface area contributed by atoms with Crippen LogP contribution in [0.2, 0.25) is 0 Å². The fraction of sp³-hybridized carbons (Fsp3) is 0.400. The Balaban J connectivity index is 2.88. The van der Waals surface area contributed by atoms with Crippen LogP contribution in [0.3, 0.4) is 0 Å². The van der Waals surface area contributed by atoms with E-state index >= 15 is 0 Å². The molecule has 0 bridgehead atoms. The first-order valence-electron chi connectivity index (χ1n) is 4.65. The molecule has 0 amide bonds. The smallest absolute Gasteiger partial charge is 0.331 e. The van der Waals surface area contributed by atoms with Crippen molar-refractivity contribution in [3.05, 3.63) is 18.2 Å². The normalized spacial score (nSPS) is 11.3. The Morgan fingerprint density at radius 3 is 2.62 bits per heavy atom. The third-order valence-electron chi connectivity index (χ3n) is 1.79. The molecule has 0 fully saturated rings. The second-order valence-corrected chi connectivity index (χ2v) is 2.80. The van der Waals surface area contributed by atoms with Crippen molar-refractivity contribution in [3.8, 4) is 11.8 Å². The first kappa shape index (κ1) is 11.9. The van der Waals surface area contributed by atoms with Crippen molar-refractivity contribution in [2.45, 2.75) is 12.8 Å². The van der Waals surface area contributed by atoms with Gasteiger partial charge in [0.25, 0.3) is 0 Å². The molecule has 0 saturated heterocycles. The van der Waals surface area contributed by atoms with Gasteiger partial charge in [0.2, 0.25) is 5.92 Å². The molecule has 1 aromatic heterocycles. The van der Waals surface area contributed by atoms with Gasteiger partial charge in [0.05, 0.1) is 32.2 Å². The van der Waals surface area contributed by atoms with Crippen molar-refractivity contribution in [2.24, 2.45) is 0 Å². The highest BCUT2D eigenvalue weighted by atomic mass is 16.5. The molecular formula is C10H11N3O3. The summed E-state index contributed by atoms with van der Waals surface area (Å²) in [5.74, 6) is -1.16. The SMILES string of the molecule is CCOC(=O)C(C#N)c1ncc(OC)cn1. The van der Waals surface area contributed by atoms with Gasteiger partial charge in [-0.15, -0.1) is 0 Å². The van der Waals surface area contributed by atoms with Crippen LogP contribution in [0.25, 0.3) is 0 Å². The second kappa shape index (κ2) is 5.66. The van der Waals surface area contributed by atoms with Crippen LogP contribution < -0.4 is 4.74 Å². The Bertz CT molecular complexity index is 397. The van der Waals surface area contributed by atoms with Crippen LogP contribution >= 0.6 is 0 Å². The lowest BCUT2D eigenvalue weighted by Crippen LogP contribution is -2.16. The predicted octanol–water partition coefficient (Wildman–Crippen LogP) is 0.655. The van der Waals surface area contributed by atoms with Gasteiger partial charge in [0.1, 0.15) is 0 Å². The van der Waals surface area contributed by atoms with Gasteiger partial charge < -0.3 is 9.47 Å². The van der Waals surface area contributed by atoms with E-state index in [2.05, 4.69) is 9.97 Å². The van der Waals surface area contributed by atoms with Crippen LogP contribution in [0.5, 0.6) is 5.75 Å². The molecule has 0 saturated carbocycles. The summed E-state index contributed by atoms with van der Waals surface area (Å²) in [6.45, 7) is 1.88. The highest BCUT2D eigenvalue weighted by Crippen LogP contribution is 2.14. The van der Waals surface area contributed by atoms with Crippen LogP contribution in [0, 0.1) is 11.3 Å². The van der Waals surface area contributed by atoms with Crippen molar-refractivity contribution in [1.29, 1.82) is 5.26 Å². The summed E-state index contributed by atoms with van der Waals surface area (Å²) < 4.78 is 9.60. The summed E-state index contributed by atoms with van der Waals surface area (Å²) in [6.07, 6.45) is 2.79.